The molecule has 0 aromatic heterocycles. The average molecular weight is 279 g/mol. The second-order valence-corrected chi connectivity index (χ2v) is 5.42. The van der Waals surface area contributed by atoms with Gasteiger partial charge in [-0.3, -0.25) is 4.79 Å². The van der Waals surface area contributed by atoms with E-state index in [1.165, 1.54) is 0 Å². The average Bonchev–Trinajstić information content (AvgIpc) is 2.89. The van der Waals surface area contributed by atoms with Crippen LogP contribution in [0.2, 0.25) is 0 Å². The Morgan fingerprint density at radius 3 is 2.45 bits per heavy atom. The molecule has 2 aliphatic rings. The van der Waals surface area contributed by atoms with Crippen molar-refractivity contribution >= 4 is 21.6 Å². The summed E-state index contributed by atoms with van der Waals surface area (Å²) in [7, 11) is 11.2. The van der Waals surface area contributed by atoms with E-state index < -0.39 is 30.3 Å². The summed E-state index contributed by atoms with van der Waals surface area (Å²) in [5.41, 5.74) is 0. The van der Waals surface area contributed by atoms with Crippen LogP contribution >= 0.6 is 0 Å². The minimum absolute atomic E-state index is 0.0910. The lowest BCUT2D eigenvalue weighted by atomic mass is 9.89. The first-order valence-corrected chi connectivity index (χ1v) is 6.87. The maximum absolute atomic E-state index is 11.9. The lowest BCUT2D eigenvalue weighted by molar-refractivity contribution is -0.123. The highest BCUT2D eigenvalue weighted by molar-refractivity contribution is 6.11. The Morgan fingerprint density at radius 2 is 1.85 bits per heavy atom. The Bertz CT molecular complexity index is 346. The lowest BCUT2D eigenvalue weighted by Gasteiger charge is -2.18. The molecular formula is C12H19B2NO5. The molecule has 1 unspecified atom stereocenters. The fraction of sp³-hybridized carbons (Fsp3) is 0.917. The van der Waals surface area contributed by atoms with Crippen LogP contribution in [0.4, 0.5) is 0 Å². The summed E-state index contributed by atoms with van der Waals surface area (Å²) < 4.78 is 10.6. The number of carbonyl (C=O) groups is 1. The summed E-state index contributed by atoms with van der Waals surface area (Å²) in [5.74, 6) is -0.269. The van der Waals surface area contributed by atoms with Gasteiger partial charge in [0.1, 0.15) is 15.7 Å². The van der Waals surface area contributed by atoms with E-state index >= 15 is 0 Å². The summed E-state index contributed by atoms with van der Waals surface area (Å²) in [4.78, 5) is 11.9. The van der Waals surface area contributed by atoms with E-state index in [1.807, 2.05) is 0 Å². The van der Waals surface area contributed by atoms with Crippen molar-refractivity contribution in [2.45, 2.75) is 49.6 Å². The molecule has 0 aromatic carbocycles. The standard InChI is InChI=1S/C12H19B2NO5/c13-10-1-6(9(5-16)20-10)2-12(18)15-4-8-7(17)3-11(14)19-8/h6-11,16-17H,1-5H2,(H,15,18)/t6?,7-,8-,9-,10-,11-/m1/s1. The third-order valence-electron chi connectivity index (χ3n) is 3.79. The van der Waals surface area contributed by atoms with Crippen molar-refractivity contribution in [2.24, 2.45) is 5.92 Å². The summed E-state index contributed by atoms with van der Waals surface area (Å²) in [6.45, 7) is 0.0715. The second-order valence-electron chi connectivity index (χ2n) is 5.42. The van der Waals surface area contributed by atoms with E-state index in [-0.39, 0.29) is 31.4 Å². The van der Waals surface area contributed by atoms with Crippen molar-refractivity contribution in [3.63, 3.8) is 0 Å². The highest BCUT2D eigenvalue weighted by Gasteiger charge is 2.34. The SMILES string of the molecule is [B][C@H]1CC(CC(=O)NC[C@H]2O[C@@H]([B])C[C@H]2O)[C@@H](CO)O1. The molecule has 3 N–H and O–H groups in total. The van der Waals surface area contributed by atoms with Crippen molar-refractivity contribution in [2.75, 3.05) is 13.2 Å². The molecule has 6 nitrogen and oxygen atoms in total. The van der Waals surface area contributed by atoms with Gasteiger partial charge >= 0.3 is 0 Å². The van der Waals surface area contributed by atoms with Crippen LogP contribution in [0.25, 0.3) is 0 Å². The van der Waals surface area contributed by atoms with Crippen LogP contribution in [0.3, 0.4) is 0 Å². The van der Waals surface area contributed by atoms with Crippen molar-refractivity contribution in [3.05, 3.63) is 0 Å². The van der Waals surface area contributed by atoms with Gasteiger partial charge in [-0.25, -0.2) is 0 Å². The van der Waals surface area contributed by atoms with Gasteiger partial charge in [0.2, 0.25) is 5.91 Å². The number of ether oxygens (including phenoxy) is 2. The first kappa shape index (κ1) is 15.8. The van der Waals surface area contributed by atoms with Crippen LogP contribution in [0, 0.1) is 5.92 Å². The summed E-state index contributed by atoms with van der Waals surface area (Å²) in [6.07, 6.45) is -0.362. The molecule has 4 radical (unpaired) electrons. The molecule has 108 valence electrons. The first-order chi connectivity index (χ1) is 9.49. The fourth-order valence-electron chi connectivity index (χ4n) is 2.72. The van der Waals surface area contributed by atoms with E-state index in [1.54, 1.807) is 0 Å². The molecule has 0 spiro atoms. The van der Waals surface area contributed by atoms with Gasteiger partial charge in [-0.05, 0) is 18.8 Å². The van der Waals surface area contributed by atoms with E-state index in [2.05, 4.69) is 5.32 Å². The zero-order valence-corrected chi connectivity index (χ0v) is 11.3. The monoisotopic (exact) mass is 279 g/mol. The van der Waals surface area contributed by atoms with Crippen LogP contribution in [-0.2, 0) is 14.3 Å². The van der Waals surface area contributed by atoms with E-state index in [0.717, 1.165) is 0 Å². The Hall–Kier alpha value is -0.560. The lowest BCUT2D eigenvalue weighted by Crippen LogP contribution is -2.38. The number of aliphatic hydroxyl groups is 2. The Balaban J connectivity index is 1.73. The van der Waals surface area contributed by atoms with Crippen LogP contribution < -0.4 is 5.32 Å². The van der Waals surface area contributed by atoms with Gasteiger partial charge in [-0.2, -0.15) is 0 Å². The largest absolute Gasteiger partial charge is 0.394 e. The number of hydrogen-bond acceptors (Lipinski definition) is 5. The molecule has 0 aliphatic carbocycles. The van der Waals surface area contributed by atoms with Crippen LogP contribution in [0.5, 0.6) is 0 Å². The molecule has 2 fully saturated rings. The molecule has 2 heterocycles. The molecule has 20 heavy (non-hydrogen) atoms. The zero-order valence-electron chi connectivity index (χ0n) is 11.3. The molecule has 0 saturated carbocycles. The summed E-state index contributed by atoms with van der Waals surface area (Å²) in [5, 5.41) is 21.5. The minimum atomic E-state index is -0.654. The molecule has 2 saturated heterocycles. The number of aliphatic hydroxyl groups excluding tert-OH is 2. The van der Waals surface area contributed by atoms with Gasteiger partial charge in [0.15, 0.2) is 0 Å². The van der Waals surface area contributed by atoms with E-state index in [9.17, 15) is 9.90 Å². The molecule has 1 amide bonds. The normalized spacial score (nSPS) is 40.9. The highest BCUT2D eigenvalue weighted by Crippen LogP contribution is 2.27. The third-order valence-corrected chi connectivity index (χ3v) is 3.79. The van der Waals surface area contributed by atoms with E-state index in [0.29, 0.717) is 12.8 Å². The van der Waals surface area contributed by atoms with Gasteiger partial charge in [0.25, 0.3) is 0 Å². The first-order valence-electron chi connectivity index (χ1n) is 6.87. The number of rotatable bonds is 5. The number of nitrogens with one attached hydrogen (secondary N) is 1. The predicted octanol–water partition coefficient (Wildman–Crippen LogP) is -1.97. The molecule has 0 aromatic rings. The quantitative estimate of drug-likeness (QED) is 0.508. The van der Waals surface area contributed by atoms with Crippen molar-refractivity contribution in [3.8, 4) is 0 Å². The van der Waals surface area contributed by atoms with Gasteiger partial charge in [0, 0.05) is 25.0 Å². The number of amides is 1. The minimum Gasteiger partial charge on any atom is -0.394 e. The fourth-order valence-corrected chi connectivity index (χ4v) is 2.72. The van der Waals surface area contributed by atoms with Gasteiger partial charge in [0.05, 0.1) is 24.9 Å². The molecule has 6 atom stereocenters. The maximum Gasteiger partial charge on any atom is 0.220 e. The van der Waals surface area contributed by atoms with Crippen molar-refractivity contribution in [1.29, 1.82) is 0 Å². The summed E-state index contributed by atoms with van der Waals surface area (Å²) in [6, 6.07) is -0.908. The Labute approximate surface area is 121 Å². The second kappa shape index (κ2) is 6.93. The smallest absolute Gasteiger partial charge is 0.220 e. The topological polar surface area (TPSA) is 88.0 Å². The third kappa shape index (κ3) is 3.97. The number of hydrogen-bond donors (Lipinski definition) is 3. The predicted molar refractivity (Wildman–Crippen MR) is 72.3 cm³/mol. The van der Waals surface area contributed by atoms with Crippen LogP contribution in [-0.4, -0.2) is 75.3 Å². The van der Waals surface area contributed by atoms with Crippen molar-refractivity contribution < 1.29 is 24.5 Å². The molecule has 2 aliphatic heterocycles. The molecular weight excluding hydrogens is 260 g/mol. The Morgan fingerprint density at radius 1 is 1.20 bits per heavy atom. The number of carbonyl (C=O) groups excluding carboxylic acids is 1. The van der Waals surface area contributed by atoms with E-state index in [4.69, 9.17) is 30.3 Å². The van der Waals surface area contributed by atoms with Crippen LogP contribution in [0.15, 0.2) is 0 Å². The van der Waals surface area contributed by atoms with Crippen LogP contribution in [0.1, 0.15) is 19.3 Å². The summed E-state index contributed by atoms with van der Waals surface area (Å²) >= 11 is 0. The van der Waals surface area contributed by atoms with Gasteiger partial charge in [-0.1, -0.05) is 0 Å². The van der Waals surface area contributed by atoms with Crippen molar-refractivity contribution in [1.82, 2.24) is 5.32 Å². The maximum atomic E-state index is 11.9. The zero-order chi connectivity index (χ0) is 14.7. The highest BCUT2D eigenvalue weighted by atomic mass is 16.5. The van der Waals surface area contributed by atoms with Gasteiger partial charge in [-0.15, -0.1) is 0 Å². The molecule has 2 rings (SSSR count). The Kier molecular flexibility index (Phi) is 5.49. The van der Waals surface area contributed by atoms with Gasteiger partial charge < -0.3 is 25.0 Å². The molecule has 8 heteroatoms. The molecule has 0 bridgehead atoms.